The van der Waals surface area contributed by atoms with Gasteiger partial charge in [0.1, 0.15) is 11.6 Å². The Balaban J connectivity index is 1.25. The zero-order chi connectivity index (χ0) is 29.6. The lowest BCUT2D eigenvalue weighted by Gasteiger charge is -2.35. The van der Waals surface area contributed by atoms with E-state index in [1.54, 1.807) is 11.0 Å². The highest BCUT2D eigenvalue weighted by Crippen LogP contribution is 2.41. The highest BCUT2D eigenvalue weighted by atomic mass is 19.1. The molecule has 7 nitrogen and oxygen atoms in total. The molecule has 2 heterocycles. The third-order valence-corrected chi connectivity index (χ3v) is 9.49. The van der Waals surface area contributed by atoms with Gasteiger partial charge in [0.2, 0.25) is 0 Å². The van der Waals surface area contributed by atoms with Crippen LogP contribution in [0.4, 0.5) is 10.1 Å². The smallest absolute Gasteiger partial charge is 0.254 e. The van der Waals surface area contributed by atoms with E-state index in [4.69, 9.17) is 4.74 Å². The summed E-state index contributed by atoms with van der Waals surface area (Å²) in [7, 11) is 0. The molecule has 228 valence electrons. The van der Waals surface area contributed by atoms with Crippen molar-refractivity contribution >= 4 is 17.5 Å². The third kappa shape index (κ3) is 7.08. The minimum Gasteiger partial charge on any atom is -0.490 e. The Hall–Kier alpha value is -3.13. The lowest BCUT2D eigenvalue weighted by Crippen LogP contribution is -2.50. The molecule has 0 aromatic heterocycles. The first-order chi connectivity index (χ1) is 20.4. The van der Waals surface area contributed by atoms with E-state index in [0.717, 1.165) is 68.4 Å². The number of benzene rings is 2. The van der Waals surface area contributed by atoms with Crippen molar-refractivity contribution in [3.63, 3.8) is 0 Å². The fourth-order valence-electron chi connectivity index (χ4n) is 6.57. The standard InChI is InChI=1S/C34H47FN4O3/c1-4-24(3)42-32-11-10-27(22-31(32)26-8-6-25(5-2)7-9-26)33(40)38-16-18-39(19-17-38)34(41)28-20-29(35)23-30(21-28)37-14-12-36-13-15-37/h10-11,20-26,36H,4-9,12-19H2,1-3H3/t24-,25?,26?/m1/s1. The summed E-state index contributed by atoms with van der Waals surface area (Å²) in [6.07, 6.45) is 6.98. The fourth-order valence-corrected chi connectivity index (χ4v) is 6.57. The number of hydrogen-bond acceptors (Lipinski definition) is 5. The molecule has 1 atom stereocenters. The minimum atomic E-state index is -0.400. The Morgan fingerprint density at radius 1 is 0.881 bits per heavy atom. The summed E-state index contributed by atoms with van der Waals surface area (Å²) >= 11 is 0. The molecular formula is C34H47FN4O3. The van der Waals surface area contributed by atoms with Crippen LogP contribution >= 0.6 is 0 Å². The molecule has 0 radical (unpaired) electrons. The van der Waals surface area contributed by atoms with Gasteiger partial charge in [0.15, 0.2) is 0 Å². The van der Waals surface area contributed by atoms with Gasteiger partial charge in [-0.25, -0.2) is 4.39 Å². The molecule has 42 heavy (non-hydrogen) atoms. The van der Waals surface area contributed by atoms with Gasteiger partial charge < -0.3 is 24.8 Å². The average Bonchev–Trinajstić information content (AvgIpc) is 3.04. The van der Waals surface area contributed by atoms with Crippen LogP contribution in [0, 0.1) is 11.7 Å². The van der Waals surface area contributed by atoms with Gasteiger partial charge in [-0.3, -0.25) is 9.59 Å². The summed E-state index contributed by atoms with van der Waals surface area (Å²) in [5.74, 6) is 1.52. The van der Waals surface area contributed by atoms with Crippen LogP contribution < -0.4 is 15.0 Å². The molecule has 1 N–H and O–H groups in total. The van der Waals surface area contributed by atoms with Gasteiger partial charge in [-0.1, -0.05) is 20.3 Å². The number of nitrogens with zero attached hydrogens (tertiary/aromatic N) is 3. The van der Waals surface area contributed by atoms with Crippen molar-refractivity contribution in [2.75, 3.05) is 57.3 Å². The SMILES string of the molecule is CCC1CCC(c2cc(C(=O)N3CCN(C(=O)c4cc(F)cc(N5CCNCC5)c4)CC3)ccc2O[C@H](C)CC)CC1. The molecule has 2 aliphatic heterocycles. The Morgan fingerprint density at radius 2 is 1.52 bits per heavy atom. The van der Waals surface area contributed by atoms with Crippen molar-refractivity contribution in [1.82, 2.24) is 15.1 Å². The average molecular weight is 579 g/mol. The van der Waals surface area contributed by atoms with Crippen LogP contribution in [0.5, 0.6) is 5.75 Å². The van der Waals surface area contributed by atoms with Crippen molar-refractivity contribution in [2.24, 2.45) is 5.92 Å². The molecule has 1 saturated carbocycles. The summed E-state index contributed by atoms with van der Waals surface area (Å²) in [6.45, 7) is 11.5. The first-order valence-corrected chi connectivity index (χ1v) is 16.0. The number of piperazine rings is 2. The fraction of sp³-hybridized carbons (Fsp3) is 0.588. The van der Waals surface area contributed by atoms with Gasteiger partial charge in [-0.05, 0) is 92.8 Å². The molecule has 0 bridgehead atoms. The van der Waals surface area contributed by atoms with Gasteiger partial charge in [0.25, 0.3) is 11.8 Å². The van der Waals surface area contributed by atoms with Crippen LogP contribution in [0.3, 0.4) is 0 Å². The minimum absolute atomic E-state index is 0.00701. The predicted octanol–water partition coefficient (Wildman–Crippen LogP) is 5.69. The van der Waals surface area contributed by atoms with E-state index in [-0.39, 0.29) is 17.9 Å². The number of carbonyl (C=O) groups is 2. The number of halogens is 1. The van der Waals surface area contributed by atoms with Crippen LogP contribution in [0.2, 0.25) is 0 Å². The molecule has 8 heteroatoms. The molecule has 5 rings (SSSR count). The summed E-state index contributed by atoms with van der Waals surface area (Å²) in [5, 5.41) is 3.30. The van der Waals surface area contributed by atoms with Crippen molar-refractivity contribution < 1.29 is 18.7 Å². The maximum Gasteiger partial charge on any atom is 0.254 e. The lowest BCUT2D eigenvalue weighted by atomic mass is 9.77. The van der Waals surface area contributed by atoms with E-state index in [2.05, 4.69) is 37.1 Å². The Kier molecular flexibility index (Phi) is 10.0. The van der Waals surface area contributed by atoms with Gasteiger partial charge in [0.05, 0.1) is 6.10 Å². The number of anilines is 1. The number of rotatable bonds is 8. The molecular weight excluding hydrogens is 531 g/mol. The molecule has 1 aliphatic carbocycles. The second-order valence-corrected chi connectivity index (χ2v) is 12.2. The van der Waals surface area contributed by atoms with Gasteiger partial charge in [-0.2, -0.15) is 0 Å². The monoisotopic (exact) mass is 578 g/mol. The molecule has 2 aromatic rings. The van der Waals surface area contributed by atoms with Crippen molar-refractivity contribution in [3.05, 3.63) is 58.9 Å². The van der Waals surface area contributed by atoms with Crippen molar-refractivity contribution in [3.8, 4) is 5.75 Å². The molecule has 3 aliphatic rings. The number of ether oxygens (including phenoxy) is 1. The maximum atomic E-state index is 14.5. The van der Waals surface area contributed by atoms with Gasteiger partial charge in [0, 0.05) is 69.2 Å². The van der Waals surface area contributed by atoms with Gasteiger partial charge >= 0.3 is 0 Å². The molecule has 2 aromatic carbocycles. The van der Waals surface area contributed by atoms with E-state index in [9.17, 15) is 14.0 Å². The van der Waals surface area contributed by atoms with Crippen LogP contribution in [-0.4, -0.2) is 80.1 Å². The largest absolute Gasteiger partial charge is 0.490 e. The molecule has 0 spiro atoms. The Labute approximate surface area is 250 Å². The summed E-state index contributed by atoms with van der Waals surface area (Å²) < 4.78 is 20.8. The highest BCUT2D eigenvalue weighted by Gasteiger charge is 2.29. The molecule has 0 unspecified atom stereocenters. The quantitative estimate of drug-likeness (QED) is 0.436. The highest BCUT2D eigenvalue weighted by molar-refractivity contribution is 5.96. The zero-order valence-corrected chi connectivity index (χ0v) is 25.5. The zero-order valence-electron chi connectivity index (χ0n) is 25.5. The van der Waals surface area contributed by atoms with Crippen LogP contribution in [0.25, 0.3) is 0 Å². The summed E-state index contributed by atoms with van der Waals surface area (Å²) in [5.41, 5.74) is 2.96. The summed E-state index contributed by atoms with van der Waals surface area (Å²) in [6, 6.07) is 10.6. The Morgan fingerprint density at radius 3 is 2.14 bits per heavy atom. The second-order valence-electron chi connectivity index (χ2n) is 12.2. The van der Waals surface area contributed by atoms with Crippen molar-refractivity contribution in [1.29, 1.82) is 0 Å². The predicted molar refractivity (Wildman–Crippen MR) is 165 cm³/mol. The Bertz CT molecular complexity index is 1230. The van der Waals surface area contributed by atoms with E-state index in [1.165, 1.54) is 31.4 Å². The maximum absolute atomic E-state index is 14.5. The van der Waals surface area contributed by atoms with Crippen LogP contribution in [-0.2, 0) is 0 Å². The number of amides is 2. The van der Waals surface area contributed by atoms with E-state index in [0.29, 0.717) is 43.2 Å². The van der Waals surface area contributed by atoms with E-state index in [1.807, 2.05) is 17.0 Å². The third-order valence-electron chi connectivity index (χ3n) is 9.49. The van der Waals surface area contributed by atoms with E-state index >= 15 is 0 Å². The van der Waals surface area contributed by atoms with Crippen LogP contribution in [0.1, 0.15) is 91.5 Å². The first kappa shape index (κ1) is 30.3. The van der Waals surface area contributed by atoms with Gasteiger partial charge in [-0.15, -0.1) is 0 Å². The molecule has 2 amide bonds. The first-order valence-electron chi connectivity index (χ1n) is 16.0. The van der Waals surface area contributed by atoms with E-state index < -0.39 is 5.82 Å². The topological polar surface area (TPSA) is 65.1 Å². The molecule has 3 fully saturated rings. The van der Waals surface area contributed by atoms with Crippen molar-refractivity contribution in [2.45, 2.75) is 71.3 Å². The summed E-state index contributed by atoms with van der Waals surface area (Å²) in [4.78, 5) is 32.7. The number of carbonyl (C=O) groups excluding carboxylic acids is 2. The molecule has 2 saturated heterocycles. The second kappa shape index (κ2) is 13.9. The lowest BCUT2D eigenvalue weighted by molar-refractivity contribution is 0.0535. The normalized spacial score (nSPS) is 22.1. The number of nitrogens with one attached hydrogen (secondary N) is 1. The number of hydrogen-bond donors (Lipinski definition) is 1. The van der Waals surface area contributed by atoms with Crippen LogP contribution in [0.15, 0.2) is 36.4 Å².